The fourth-order valence-corrected chi connectivity index (χ4v) is 3.83. The van der Waals surface area contributed by atoms with Crippen molar-refractivity contribution in [1.29, 1.82) is 0 Å². The Morgan fingerprint density at radius 3 is 2.59 bits per heavy atom. The van der Waals surface area contributed by atoms with Crippen LogP contribution in [0.15, 0.2) is 47.5 Å². The number of nitrogens with zero attached hydrogens (tertiary/aromatic N) is 1. The zero-order valence-electron chi connectivity index (χ0n) is 16.5. The highest BCUT2D eigenvalue weighted by atomic mass is 127. The molecule has 2 N–H and O–H groups in total. The number of ether oxygens (including phenoxy) is 1. The minimum absolute atomic E-state index is 0. The number of methoxy groups -OCH3 is 1. The Balaban J connectivity index is 0.00000261. The molecule has 5 heteroatoms. The Labute approximate surface area is 180 Å². The third-order valence-corrected chi connectivity index (χ3v) is 5.67. The van der Waals surface area contributed by atoms with Crippen molar-refractivity contribution in [1.82, 2.24) is 10.6 Å². The molecular formula is C22H32IN3O. The third kappa shape index (κ3) is 5.82. The van der Waals surface area contributed by atoms with E-state index < -0.39 is 0 Å². The average Bonchev–Trinajstić information content (AvgIpc) is 2.65. The quantitative estimate of drug-likeness (QED) is 0.335. The number of nitrogens with one attached hydrogen (secondary N) is 2. The van der Waals surface area contributed by atoms with Crippen molar-refractivity contribution in [3.05, 3.63) is 48.0 Å². The number of fused-ring (bicyclic) bond motifs is 1. The molecule has 0 aliphatic heterocycles. The molecule has 2 aromatic carbocycles. The molecule has 1 aliphatic carbocycles. The van der Waals surface area contributed by atoms with E-state index >= 15 is 0 Å². The molecule has 3 rings (SSSR count). The summed E-state index contributed by atoms with van der Waals surface area (Å²) in [4.78, 5) is 4.39. The minimum atomic E-state index is 0. The molecule has 0 bridgehead atoms. The maximum atomic E-state index is 5.28. The molecular weight excluding hydrogens is 449 g/mol. The lowest BCUT2D eigenvalue weighted by Crippen LogP contribution is -2.47. The molecule has 0 radical (unpaired) electrons. The molecule has 0 unspecified atom stereocenters. The highest BCUT2D eigenvalue weighted by Crippen LogP contribution is 2.43. The van der Waals surface area contributed by atoms with Crippen LogP contribution in [0, 0.1) is 5.41 Å². The second kappa shape index (κ2) is 10.9. The van der Waals surface area contributed by atoms with Crippen molar-refractivity contribution in [2.75, 3.05) is 33.9 Å². The van der Waals surface area contributed by atoms with E-state index in [1.165, 1.54) is 35.6 Å². The summed E-state index contributed by atoms with van der Waals surface area (Å²) in [6, 6.07) is 15.1. The number of rotatable bonds is 8. The van der Waals surface area contributed by atoms with Gasteiger partial charge in [-0.1, -0.05) is 48.9 Å². The maximum Gasteiger partial charge on any atom is 0.191 e. The summed E-state index contributed by atoms with van der Waals surface area (Å²) >= 11 is 0. The Hall–Kier alpha value is -1.34. The van der Waals surface area contributed by atoms with Gasteiger partial charge in [0, 0.05) is 33.9 Å². The van der Waals surface area contributed by atoms with Gasteiger partial charge in [0.15, 0.2) is 5.96 Å². The lowest BCUT2D eigenvalue weighted by Gasteiger charge is -2.42. The van der Waals surface area contributed by atoms with Crippen LogP contribution in [0.2, 0.25) is 0 Å². The molecule has 27 heavy (non-hydrogen) atoms. The van der Waals surface area contributed by atoms with Gasteiger partial charge in [-0.15, -0.1) is 24.0 Å². The van der Waals surface area contributed by atoms with Crippen LogP contribution >= 0.6 is 24.0 Å². The first-order chi connectivity index (χ1) is 12.8. The first-order valence-electron chi connectivity index (χ1n) is 9.66. The third-order valence-electron chi connectivity index (χ3n) is 5.67. The van der Waals surface area contributed by atoms with E-state index in [1.54, 1.807) is 7.11 Å². The van der Waals surface area contributed by atoms with E-state index in [0.29, 0.717) is 5.41 Å². The van der Waals surface area contributed by atoms with Crippen LogP contribution in [0.25, 0.3) is 10.8 Å². The molecule has 0 heterocycles. The molecule has 1 fully saturated rings. The smallest absolute Gasteiger partial charge is 0.191 e. The SMILES string of the molecule is CN=C(NCCc1cccc2ccccc12)NCC1(CCOC)CCC1.I. The van der Waals surface area contributed by atoms with Gasteiger partial charge in [-0.05, 0) is 47.4 Å². The number of guanidine groups is 1. The van der Waals surface area contributed by atoms with Gasteiger partial charge >= 0.3 is 0 Å². The number of halogens is 1. The first kappa shape index (κ1) is 22.0. The zero-order valence-corrected chi connectivity index (χ0v) is 18.8. The second-order valence-corrected chi connectivity index (χ2v) is 7.34. The van der Waals surface area contributed by atoms with Crippen LogP contribution in [-0.2, 0) is 11.2 Å². The van der Waals surface area contributed by atoms with E-state index in [2.05, 4.69) is 58.1 Å². The topological polar surface area (TPSA) is 45.7 Å². The van der Waals surface area contributed by atoms with E-state index in [9.17, 15) is 0 Å². The van der Waals surface area contributed by atoms with Gasteiger partial charge in [-0.2, -0.15) is 0 Å². The highest BCUT2D eigenvalue weighted by molar-refractivity contribution is 14.0. The Morgan fingerprint density at radius 1 is 1.11 bits per heavy atom. The molecule has 148 valence electrons. The van der Waals surface area contributed by atoms with Gasteiger partial charge in [0.05, 0.1) is 0 Å². The normalized spacial score (nSPS) is 15.7. The molecule has 2 aromatic rings. The van der Waals surface area contributed by atoms with Gasteiger partial charge in [0.2, 0.25) is 0 Å². The van der Waals surface area contributed by atoms with Gasteiger partial charge in [0.25, 0.3) is 0 Å². The molecule has 0 atom stereocenters. The summed E-state index contributed by atoms with van der Waals surface area (Å²) in [7, 11) is 3.63. The minimum Gasteiger partial charge on any atom is -0.385 e. The molecule has 1 aliphatic rings. The number of hydrogen-bond donors (Lipinski definition) is 2. The van der Waals surface area contributed by atoms with Crippen molar-refractivity contribution < 1.29 is 4.74 Å². The predicted molar refractivity (Wildman–Crippen MR) is 125 cm³/mol. The highest BCUT2D eigenvalue weighted by Gasteiger charge is 2.36. The van der Waals surface area contributed by atoms with E-state index in [1.807, 2.05) is 7.05 Å². The van der Waals surface area contributed by atoms with Crippen molar-refractivity contribution in [2.24, 2.45) is 10.4 Å². The number of aliphatic imine (C=N–C) groups is 1. The monoisotopic (exact) mass is 481 g/mol. The van der Waals surface area contributed by atoms with Crippen molar-refractivity contribution in [3.8, 4) is 0 Å². The summed E-state index contributed by atoms with van der Waals surface area (Å²) in [6.07, 6.45) is 6.02. The predicted octanol–water partition coefficient (Wildman–Crippen LogP) is 4.37. The van der Waals surface area contributed by atoms with Gasteiger partial charge in [-0.3, -0.25) is 4.99 Å². The summed E-state index contributed by atoms with van der Waals surface area (Å²) < 4.78 is 5.28. The molecule has 4 nitrogen and oxygen atoms in total. The largest absolute Gasteiger partial charge is 0.385 e. The molecule has 0 saturated heterocycles. The van der Waals surface area contributed by atoms with Crippen LogP contribution in [0.3, 0.4) is 0 Å². The van der Waals surface area contributed by atoms with E-state index in [4.69, 9.17) is 4.74 Å². The fourth-order valence-electron chi connectivity index (χ4n) is 3.83. The number of hydrogen-bond acceptors (Lipinski definition) is 2. The van der Waals surface area contributed by atoms with Gasteiger partial charge < -0.3 is 15.4 Å². The zero-order chi connectivity index (χ0) is 18.2. The van der Waals surface area contributed by atoms with Crippen LogP contribution in [0.5, 0.6) is 0 Å². The lowest BCUT2D eigenvalue weighted by atomic mass is 9.67. The maximum absolute atomic E-state index is 5.28. The summed E-state index contributed by atoms with van der Waals surface area (Å²) in [5.41, 5.74) is 1.77. The molecule has 0 aromatic heterocycles. The van der Waals surface area contributed by atoms with Crippen LogP contribution in [-0.4, -0.2) is 39.8 Å². The van der Waals surface area contributed by atoms with Crippen molar-refractivity contribution in [2.45, 2.75) is 32.1 Å². The lowest BCUT2D eigenvalue weighted by molar-refractivity contribution is 0.0732. The van der Waals surface area contributed by atoms with Gasteiger partial charge in [0.1, 0.15) is 0 Å². The van der Waals surface area contributed by atoms with Crippen molar-refractivity contribution >= 4 is 40.7 Å². The number of benzene rings is 2. The van der Waals surface area contributed by atoms with E-state index in [-0.39, 0.29) is 24.0 Å². The van der Waals surface area contributed by atoms with Crippen LogP contribution < -0.4 is 10.6 Å². The van der Waals surface area contributed by atoms with Crippen LogP contribution in [0.4, 0.5) is 0 Å². The van der Waals surface area contributed by atoms with Crippen molar-refractivity contribution in [3.63, 3.8) is 0 Å². The van der Waals surface area contributed by atoms with Gasteiger partial charge in [-0.25, -0.2) is 0 Å². The Kier molecular flexibility index (Phi) is 8.83. The second-order valence-electron chi connectivity index (χ2n) is 7.34. The Bertz CT molecular complexity index is 738. The molecule has 0 spiro atoms. The molecule has 0 amide bonds. The summed E-state index contributed by atoms with van der Waals surface area (Å²) in [5.74, 6) is 0.897. The first-order valence-corrected chi connectivity index (χ1v) is 9.66. The fraction of sp³-hybridized carbons (Fsp3) is 0.500. The Morgan fingerprint density at radius 2 is 1.89 bits per heavy atom. The average molecular weight is 481 g/mol. The molecule has 1 saturated carbocycles. The summed E-state index contributed by atoms with van der Waals surface area (Å²) in [6.45, 7) is 2.69. The van der Waals surface area contributed by atoms with Crippen LogP contribution in [0.1, 0.15) is 31.2 Å². The standard InChI is InChI=1S/C22H31N3O.HI/c1-23-21(25-17-22(12-6-13-22)14-16-26-2)24-15-11-19-9-5-8-18-7-3-4-10-20(18)19;/h3-5,7-10H,6,11-17H2,1-2H3,(H2,23,24,25);1H. The summed E-state index contributed by atoms with van der Waals surface area (Å²) in [5, 5.41) is 9.64. The van der Waals surface area contributed by atoms with E-state index in [0.717, 1.165) is 38.5 Å².